The van der Waals surface area contributed by atoms with E-state index in [2.05, 4.69) is 15.3 Å². The Bertz CT molecular complexity index is 502. The molecule has 0 aliphatic heterocycles. The van der Waals surface area contributed by atoms with E-state index in [1.165, 1.54) is 16.7 Å². The number of sulfonamides is 1. The molecule has 0 amide bonds. The Hall–Kier alpha value is -1.21. The minimum absolute atomic E-state index is 0.0390. The van der Waals surface area contributed by atoms with Crippen LogP contribution in [0.1, 0.15) is 40.5 Å². The highest BCUT2D eigenvalue weighted by molar-refractivity contribution is 7.89. The molecule has 20 heavy (non-hydrogen) atoms. The molecule has 0 aliphatic carbocycles. The van der Waals surface area contributed by atoms with Gasteiger partial charge in [0.05, 0.1) is 12.4 Å². The zero-order valence-corrected chi connectivity index (χ0v) is 13.4. The van der Waals surface area contributed by atoms with Gasteiger partial charge in [0, 0.05) is 19.1 Å². The molecule has 0 saturated carbocycles. The van der Waals surface area contributed by atoms with Crippen molar-refractivity contribution < 1.29 is 8.42 Å². The van der Waals surface area contributed by atoms with Crippen molar-refractivity contribution in [1.29, 1.82) is 0 Å². The van der Waals surface area contributed by atoms with Crippen LogP contribution in [-0.2, 0) is 10.0 Å². The van der Waals surface area contributed by atoms with Crippen molar-refractivity contribution in [3.63, 3.8) is 0 Å². The van der Waals surface area contributed by atoms with Gasteiger partial charge >= 0.3 is 0 Å². The van der Waals surface area contributed by atoms with Crippen LogP contribution in [0.4, 0.5) is 5.95 Å². The monoisotopic (exact) mass is 300 g/mol. The van der Waals surface area contributed by atoms with E-state index in [0.29, 0.717) is 12.5 Å². The molecule has 0 saturated heterocycles. The van der Waals surface area contributed by atoms with Crippen molar-refractivity contribution in [1.82, 2.24) is 14.3 Å². The van der Waals surface area contributed by atoms with Gasteiger partial charge in [-0.25, -0.2) is 18.4 Å². The minimum atomic E-state index is -3.52. The molecule has 7 heteroatoms. The standard InChI is InChI=1S/C13H24N4O2S/c1-5-8-14-13-15-9-12(10-16-13)20(18,19)17(7-3)11(4)6-2/h9-11H,5-8H2,1-4H3,(H,14,15,16). The predicted molar refractivity (Wildman–Crippen MR) is 80.1 cm³/mol. The zero-order chi connectivity index (χ0) is 15.2. The lowest BCUT2D eigenvalue weighted by atomic mass is 10.3. The average molecular weight is 300 g/mol. The summed E-state index contributed by atoms with van der Waals surface area (Å²) in [6.45, 7) is 8.95. The first kappa shape index (κ1) is 16.8. The fourth-order valence-electron chi connectivity index (χ4n) is 1.84. The van der Waals surface area contributed by atoms with Gasteiger partial charge in [0.2, 0.25) is 16.0 Å². The summed E-state index contributed by atoms with van der Waals surface area (Å²) in [5, 5.41) is 3.02. The van der Waals surface area contributed by atoms with Crippen LogP contribution in [0.5, 0.6) is 0 Å². The molecule has 0 bridgehead atoms. The molecule has 114 valence electrons. The van der Waals surface area contributed by atoms with Gasteiger partial charge < -0.3 is 5.32 Å². The molecule has 0 radical (unpaired) electrons. The van der Waals surface area contributed by atoms with Gasteiger partial charge in [-0.3, -0.25) is 0 Å². The summed E-state index contributed by atoms with van der Waals surface area (Å²) in [7, 11) is -3.52. The fourth-order valence-corrected chi connectivity index (χ4v) is 3.44. The van der Waals surface area contributed by atoms with Crippen molar-refractivity contribution in [3.8, 4) is 0 Å². The van der Waals surface area contributed by atoms with Crippen molar-refractivity contribution in [2.75, 3.05) is 18.4 Å². The lowest BCUT2D eigenvalue weighted by Gasteiger charge is -2.25. The summed E-state index contributed by atoms with van der Waals surface area (Å²) in [5.74, 6) is 0.456. The summed E-state index contributed by atoms with van der Waals surface area (Å²) in [4.78, 5) is 8.25. The van der Waals surface area contributed by atoms with Crippen molar-refractivity contribution >= 4 is 16.0 Å². The minimum Gasteiger partial charge on any atom is -0.354 e. The highest BCUT2D eigenvalue weighted by Gasteiger charge is 2.27. The second-order valence-electron chi connectivity index (χ2n) is 4.63. The lowest BCUT2D eigenvalue weighted by molar-refractivity contribution is 0.342. The molecule has 0 spiro atoms. The van der Waals surface area contributed by atoms with Crippen molar-refractivity contribution in [2.24, 2.45) is 0 Å². The third-order valence-corrected chi connectivity index (χ3v) is 5.20. The molecule has 0 aliphatic rings. The normalized spacial score (nSPS) is 13.4. The largest absolute Gasteiger partial charge is 0.354 e. The first-order valence-electron chi connectivity index (χ1n) is 7.05. The molecule has 1 rings (SSSR count). The van der Waals surface area contributed by atoms with Crippen LogP contribution in [0.2, 0.25) is 0 Å². The maximum atomic E-state index is 12.5. The Morgan fingerprint density at radius 2 is 1.85 bits per heavy atom. The maximum absolute atomic E-state index is 12.5. The second kappa shape index (κ2) is 7.54. The van der Waals surface area contributed by atoms with Gasteiger partial charge in [-0.1, -0.05) is 20.8 Å². The van der Waals surface area contributed by atoms with Gasteiger partial charge in [-0.15, -0.1) is 0 Å². The van der Waals surface area contributed by atoms with Crippen molar-refractivity contribution in [3.05, 3.63) is 12.4 Å². The molecule has 1 unspecified atom stereocenters. The Kier molecular flexibility index (Phi) is 6.35. The Balaban J connectivity index is 2.97. The highest BCUT2D eigenvalue weighted by atomic mass is 32.2. The second-order valence-corrected chi connectivity index (χ2v) is 6.53. The number of nitrogens with one attached hydrogen (secondary N) is 1. The van der Waals surface area contributed by atoms with Crippen LogP contribution >= 0.6 is 0 Å². The molecular formula is C13H24N4O2S. The molecule has 1 aromatic rings. The van der Waals surface area contributed by atoms with Crippen LogP contribution in [-0.4, -0.2) is 41.8 Å². The maximum Gasteiger partial charge on any atom is 0.246 e. The lowest BCUT2D eigenvalue weighted by Crippen LogP contribution is -2.38. The number of anilines is 1. The summed E-state index contributed by atoms with van der Waals surface area (Å²) in [6.07, 6.45) is 4.46. The molecule has 1 heterocycles. The third kappa shape index (κ3) is 3.89. The SMILES string of the molecule is CCCNc1ncc(S(=O)(=O)N(CC)C(C)CC)cn1. The smallest absolute Gasteiger partial charge is 0.246 e. The fraction of sp³-hybridized carbons (Fsp3) is 0.692. The third-order valence-electron chi connectivity index (χ3n) is 3.16. The molecule has 1 atom stereocenters. The molecule has 1 N–H and O–H groups in total. The number of hydrogen-bond donors (Lipinski definition) is 1. The van der Waals surface area contributed by atoms with Crippen LogP contribution in [0.3, 0.4) is 0 Å². The number of rotatable bonds is 8. The first-order valence-corrected chi connectivity index (χ1v) is 8.49. The first-order chi connectivity index (χ1) is 9.47. The van der Waals surface area contributed by atoms with E-state index in [1.54, 1.807) is 0 Å². The summed E-state index contributed by atoms with van der Waals surface area (Å²) < 4.78 is 26.5. The van der Waals surface area contributed by atoms with E-state index in [0.717, 1.165) is 19.4 Å². The van der Waals surface area contributed by atoms with E-state index in [9.17, 15) is 8.42 Å². The van der Waals surface area contributed by atoms with E-state index < -0.39 is 10.0 Å². The Morgan fingerprint density at radius 1 is 1.25 bits per heavy atom. The number of hydrogen-bond acceptors (Lipinski definition) is 5. The van der Waals surface area contributed by atoms with Gasteiger partial charge in [0.1, 0.15) is 4.90 Å². The molecule has 1 aromatic heterocycles. The predicted octanol–water partition coefficient (Wildman–Crippen LogP) is 2.11. The Labute approximate surface area is 121 Å². The van der Waals surface area contributed by atoms with E-state index >= 15 is 0 Å². The Morgan fingerprint density at radius 3 is 2.30 bits per heavy atom. The number of nitrogens with zero attached hydrogens (tertiary/aromatic N) is 3. The summed E-state index contributed by atoms with van der Waals surface area (Å²) >= 11 is 0. The van der Waals surface area contributed by atoms with Gasteiger partial charge in [0.15, 0.2) is 0 Å². The van der Waals surface area contributed by atoms with E-state index in [-0.39, 0.29) is 10.9 Å². The highest BCUT2D eigenvalue weighted by Crippen LogP contribution is 2.18. The molecule has 6 nitrogen and oxygen atoms in total. The number of aromatic nitrogens is 2. The molecule has 0 fully saturated rings. The van der Waals surface area contributed by atoms with Gasteiger partial charge in [-0.05, 0) is 19.8 Å². The van der Waals surface area contributed by atoms with Gasteiger partial charge in [-0.2, -0.15) is 4.31 Å². The van der Waals surface area contributed by atoms with Crippen LogP contribution in [0.15, 0.2) is 17.3 Å². The topological polar surface area (TPSA) is 75.2 Å². The molecular weight excluding hydrogens is 276 g/mol. The van der Waals surface area contributed by atoms with Crippen molar-refractivity contribution in [2.45, 2.75) is 51.5 Å². The summed E-state index contributed by atoms with van der Waals surface area (Å²) in [6, 6.07) is -0.0390. The van der Waals surface area contributed by atoms with Crippen LogP contribution < -0.4 is 5.32 Å². The van der Waals surface area contributed by atoms with E-state index in [1.807, 2.05) is 27.7 Å². The van der Waals surface area contributed by atoms with Crippen LogP contribution in [0, 0.1) is 0 Å². The molecule has 0 aromatic carbocycles. The average Bonchev–Trinajstić information content (AvgIpc) is 2.45. The quantitative estimate of drug-likeness (QED) is 0.796. The van der Waals surface area contributed by atoms with E-state index in [4.69, 9.17) is 0 Å². The van der Waals surface area contributed by atoms with Gasteiger partial charge in [0.25, 0.3) is 0 Å². The van der Waals surface area contributed by atoms with Crippen LogP contribution in [0.25, 0.3) is 0 Å². The summed E-state index contributed by atoms with van der Waals surface area (Å²) in [5.41, 5.74) is 0. The zero-order valence-electron chi connectivity index (χ0n) is 12.6.